The van der Waals surface area contributed by atoms with E-state index in [1.807, 2.05) is 13.0 Å². The zero-order valence-electron chi connectivity index (χ0n) is 25.4. The van der Waals surface area contributed by atoms with Gasteiger partial charge < -0.3 is 24.3 Å². The summed E-state index contributed by atoms with van der Waals surface area (Å²) in [5, 5.41) is 2.67. The Balaban J connectivity index is 2.66. The Kier molecular flexibility index (Phi) is 12.0. The van der Waals surface area contributed by atoms with Gasteiger partial charge in [0.1, 0.15) is 23.7 Å². The fourth-order valence-electron chi connectivity index (χ4n) is 4.76. The van der Waals surface area contributed by atoms with E-state index in [2.05, 4.69) is 5.32 Å². The molecule has 1 saturated heterocycles. The van der Waals surface area contributed by atoms with Gasteiger partial charge in [-0.1, -0.05) is 42.4 Å². The number of hydrogen-bond acceptors (Lipinski definition) is 10. The Bertz CT molecular complexity index is 1210. The van der Waals surface area contributed by atoms with E-state index in [1.54, 1.807) is 38.2 Å². The first-order chi connectivity index (χ1) is 19.5. The van der Waals surface area contributed by atoms with Crippen LogP contribution in [0.2, 0.25) is 0 Å². The second-order valence-electron chi connectivity index (χ2n) is 10.9. The van der Waals surface area contributed by atoms with Crippen LogP contribution in [0, 0.1) is 11.3 Å². The fraction of sp³-hybridized carbons (Fsp3) is 0.548. The summed E-state index contributed by atoms with van der Waals surface area (Å²) < 4.78 is 21.6. The smallest absolute Gasteiger partial charge is 0.322 e. The van der Waals surface area contributed by atoms with Gasteiger partial charge in [-0.05, 0) is 39.8 Å². The van der Waals surface area contributed by atoms with E-state index in [4.69, 9.17) is 18.9 Å². The van der Waals surface area contributed by atoms with Crippen molar-refractivity contribution in [3.8, 4) is 0 Å². The number of amides is 1. The Labute approximate surface area is 246 Å². The first-order valence-electron chi connectivity index (χ1n) is 13.8. The van der Waals surface area contributed by atoms with Crippen molar-refractivity contribution in [2.75, 3.05) is 0 Å². The van der Waals surface area contributed by atoms with E-state index < -0.39 is 77.4 Å². The first kappa shape index (κ1) is 34.2. The topological polar surface area (TPSA) is 151 Å². The van der Waals surface area contributed by atoms with Gasteiger partial charge in [-0.25, -0.2) is 0 Å². The summed E-state index contributed by atoms with van der Waals surface area (Å²) in [5.74, 6) is -4.57. The summed E-state index contributed by atoms with van der Waals surface area (Å²) in [6.45, 7) is 11.6. The third-order valence-electron chi connectivity index (χ3n) is 7.15. The average molecular weight is 588 g/mol. The molecule has 1 amide bonds. The van der Waals surface area contributed by atoms with Crippen molar-refractivity contribution < 1.29 is 47.7 Å². The highest BCUT2D eigenvalue weighted by Crippen LogP contribution is 2.38. The van der Waals surface area contributed by atoms with Crippen LogP contribution >= 0.6 is 0 Å². The molecule has 3 rings (SSSR count). The molecule has 0 radical (unpaired) electrons. The normalized spacial score (nSPS) is 33.3. The number of hydrogen-bond donors (Lipinski definition) is 1. The predicted octanol–water partition coefficient (Wildman–Crippen LogP) is 3.22. The largest absolute Gasteiger partial charge is 0.461 e. The van der Waals surface area contributed by atoms with Gasteiger partial charge in [0.05, 0.1) is 12.0 Å². The minimum atomic E-state index is -1.84. The molecule has 230 valence electrons. The number of ketones is 1. The number of Topliss-reactive ketones (excluding diaryl/α,β-unsaturated/α-hetero) is 1. The first-order valence-corrected chi connectivity index (χ1v) is 13.8. The lowest BCUT2D eigenvalue weighted by Gasteiger charge is -2.42. The number of fused-ring (bicyclic) bond motifs is 10. The molecule has 3 aliphatic rings. The molecule has 2 aliphatic heterocycles. The molecule has 1 aliphatic carbocycles. The summed E-state index contributed by atoms with van der Waals surface area (Å²) in [7, 11) is 0. The Hall–Kier alpha value is -4.02. The van der Waals surface area contributed by atoms with Gasteiger partial charge >= 0.3 is 23.9 Å². The zero-order chi connectivity index (χ0) is 31.8. The van der Waals surface area contributed by atoms with Crippen molar-refractivity contribution in [3.05, 3.63) is 47.6 Å². The summed E-state index contributed by atoms with van der Waals surface area (Å²) in [5.41, 5.74) is -0.490. The van der Waals surface area contributed by atoms with E-state index in [9.17, 15) is 28.8 Å². The van der Waals surface area contributed by atoms with Gasteiger partial charge in [0, 0.05) is 33.6 Å². The molecule has 0 aromatic heterocycles. The Morgan fingerprint density at radius 2 is 1.52 bits per heavy atom. The molecule has 1 N–H and O–H groups in total. The van der Waals surface area contributed by atoms with Gasteiger partial charge in [-0.2, -0.15) is 0 Å². The van der Waals surface area contributed by atoms with Crippen molar-refractivity contribution >= 4 is 35.6 Å². The molecular weight excluding hydrogens is 546 g/mol. The highest BCUT2D eigenvalue weighted by atomic mass is 16.6. The van der Waals surface area contributed by atoms with Crippen LogP contribution < -0.4 is 5.32 Å². The number of esters is 4. The van der Waals surface area contributed by atoms with E-state index >= 15 is 0 Å². The van der Waals surface area contributed by atoms with Crippen molar-refractivity contribution in [3.63, 3.8) is 0 Å². The molecule has 2 heterocycles. The highest BCUT2D eigenvalue weighted by molar-refractivity contribution is 6.08. The van der Waals surface area contributed by atoms with Crippen molar-refractivity contribution in [2.45, 2.75) is 98.7 Å². The Morgan fingerprint density at radius 1 is 0.952 bits per heavy atom. The predicted molar refractivity (Wildman–Crippen MR) is 151 cm³/mol. The van der Waals surface area contributed by atoms with Crippen LogP contribution in [-0.2, 0) is 47.7 Å². The van der Waals surface area contributed by atoms with E-state index in [0.29, 0.717) is 12.0 Å². The minimum Gasteiger partial charge on any atom is -0.461 e. The third kappa shape index (κ3) is 9.25. The number of carbonyl (C=O) groups excluding carboxylic acids is 6. The second kappa shape index (κ2) is 14.7. The van der Waals surface area contributed by atoms with Gasteiger partial charge in [0.15, 0.2) is 11.9 Å². The minimum absolute atomic E-state index is 0.0328. The number of nitrogens with one attached hydrogen (secondary N) is 1. The molecule has 7 atom stereocenters. The molecule has 0 saturated carbocycles. The molecule has 0 aromatic rings. The molecule has 11 nitrogen and oxygen atoms in total. The zero-order valence-corrected chi connectivity index (χ0v) is 25.4. The molecule has 0 aromatic carbocycles. The lowest BCUT2D eigenvalue weighted by molar-refractivity contribution is -0.182. The molecule has 1 fully saturated rings. The maximum atomic E-state index is 13.9. The van der Waals surface area contributed by atoms with Crippen LogP contribution in [0.25, 0.3) is 0 Å². The van der Waals surface area contributed by atoms with Crippen LogP contribution in [0.1, 0.15) is 68.2 Å². The van der Waals surface area contributed by atoms with E-state index in [1.165, 1.54) is 33.8 Å². The van der Waals surface area contributed by atoms with Crippen LogP contribution in [0.15, 0.2) is 47.6 Å². The second-order valence-corrected chi connectivity index (χ2v) is 10.9. The van der Waals surface area contributed by atoms with E-state index in [0.717, 1.165) is 12.5 Å². The van der Waals surface area contributed by atoms with Crippen LogP contribution in [0.3, 0.4) is 0 Å². The van der Waals surface area contributed by atoms with Gasteiger partial charge in [-0.3, -0.25) is 28.8 Å². The molecule has 1 unspecified atom stereocenters. The number of rotatable bonds is 5. The summed E-state index contributed by atoms with van der Waals surface area (Å²) in [6, 6.07) is -1.19. The van der Waals surface area contributed by atoms with Gasteiger partial charge in [-0.15, -0.1) is 0 Å². The maximum absolute atomic E-state index is 13.9. The summed E-state index contributed by atoms with van der Waals surface area (Å²) >= 11 is 0. The van der Waals surface area contributed by atoms with Gasteiger partial charge in [0.25, 0.3) is 5.91 Å². The maximum Gasteiger partial charge on any atom is 0.322 e. The quantitative estimate of drug-likeness (QED) is 0.288. The van der Waals surface area contributed by atoms with Crippen LogP contribution in [0.5, 0.6) is 0 Å². The van der Waals surface area contributed by atoms with Crippen LogP contribution in [-0.4, -0.2) is 66.0 Å². The molecule has 0 spiro atoms. The standard InChI is InChI=1S/C31H41NO10/c1-17-9-12-24(40-22(6)34)13-11-18(2)15-27(32-29(37)20(4)39-21(5)33)31(8)28(36)19(3)26(42-30(31)38)16-25(14-10-17)41-23(7)35/h9-11,13-15,19-20,24-27H,12,16H2,1-8H3,(H,32,37)/b13-11+,14-10-,17-9-,18-15-/t19-,20-,24+,25-,26-,27?,31+/m1/s1. The lowest BCUT2D eigenvalue weighted by Crippen LogP contribution is -2.62. The summed E-state index contributed by atoms with van der Waals surface area (Å²) in [6.07, 6.45) is 6.93. The fourth-order valence-corrected chi connectivity index (χ4v) is 4.76. The van der Waals surface area contributed by atoms with E-state index in [-0.39, 0.29) is 6.42 Å². The monoisotopic (exact) mass is 587 g/mol. The average Bonchev–Trinajstić information content (AvgIpc) is 2.88. The van der Waals surface area contributed by atoms with Crippen molar-refractivity contribution in [1.29, 1.82) is 0 Å². The number of ether oxygens (including phenoxy) is 4. The van der Waals surface area contributed by atoms with Crippen molar-refractivity contribution in [2.24, 2.45) is 11.3 Å². The van der Waals surface area contributed by atoms with Gasteiger partial charge in [0.2, 0.25) is 0 Å². The molecule has 42 heavy (non-hydrogen) atoms. The number of allylic oxidation sites excluding steroid dienone is 4. The Morgan fingerprint density at radius 3 is 2.12 bits per heavy atom. The third-order valence-corrected chi connectivity index (χ3v) is 7.15. The summed E-state index contributed by atoms with van der Waals surface area (Å²) in [4.78, 5) is 75.5. The lowest BCUT2D eigenvalue weighted by atomic mass is 9.69. The molecule has 2 bridgehead atoms. The molecule has 11 heteroatoms. The molecular formula is C31H41NO10. The number of carbonyl (C=O) groups is 6. The van der Waals surface area contributed by atoms with Crippen molar-refractivity contribution in [1.82, 2.24) is 5.32 Å². The highest BCUT2D eigenvalue weighted by Gasteiger charge is 2.56. The van der Waals surface area contributed by atoms with Crippen LogP contribution in [0.4, 0.5) is 0 Å². The SMILES string of the molecule is CC(=O)O[C@@H]1/C=C\C(C)=C/C[C@H](OC(C)=O)/C=C/C(C)=C\C(NC(=O)[C@@H](C)OC(C)=O)[C@]2(C)C(=O)O[C@H](C1)[C@@H](C)C2=O.